The Balaban J connectivity index is 1.98. The van der Waals surface area contributed by atoms with Gasteiger partial charge in [-0.05, 0) is 17.5 Å². The number of fused-ring (bicyclic) bond motifs is 1. The molecule has 0 fully saturated rings. The van der Waals surface area contributed by atoms with E-state index in [4.69, 9.17) is 0 Å². The third kappa shape index (κ3) is 1.84. The average molecular weight is 237 g/mol. The lowest BCUT2D eigenvalue weighted by atomic mass is 10.1. The quantitative estimate of drug-likeness (QED) is 0.720. The lowest BCUT2D eigenvalue weighted by Gasteiger charge is -2.06. The first kappa shape index (κ1) is 10.5. The topological polar surface area (TPSA) is 57.8 Å². The predicted octanol–water partition coefficient (Wildman–Crippen LogP) is 2.82. The molecule has 0 aliphatic heterocycles. The Morgan fingerprint density at radius 1 is 1.17 bits per heavy atom. The van der Waals surface area contributed by atoms with E-state index in [1.165, 1.54) is 0 Å². The van der Waals surface area contributed by atoms with Crippen molar-refractivity contribution in [3.05, 3.63) is 60.6 Å². The van der Waals surface area contributed by atoms with Crippen LogP contribution in [-0.2, 0) is 0 Å². The summed E-state index contributed by atoms with van der Waals surface area (Å²) >= 11 is 0. The average Bonchev–Trinajstić information content (AvgIpc) is 2.93. The van der Waals surface area contributed by atoms with Crippen LogP contribution < -0.4 is 5.32 Å². The smallest absolute Gasteiger partial charge is 0.258 e. The third-order valence-electron chi connectivity index (χ3n) is 2.77. The Kier molecular flexibility index (Phi) is 2.53. The van der Waals surface area contributed by atoms with Gasteiger partial charge in [0.2, 0.25) is 0 Å². The highest BCUT2D eigenvalue weighted by Crippen LogP contribution is 2.20. The van der Waals surface area contributed by atoms with Crippen LogP contribution in [0.15, 0.2) is 55.0 Å². The molecular weight excluding hydrogens is 226 g/mol. The molecule has 0 unspecified atom stereocenters. The summed E-state index contributed by atoms with van der Waals surface area (Å²) in [6, 6.07) is 11.5. The van der Waals surface area contributed by atoms with Crippen molar-refractivity contribution in [3.63, 3.8) is 0 Å². The van der Waals surface area contributed by atoms with Gasteiger partial charge in [0, 0.05) is 24.0 Å². The highest BCUT2D eigenvalue weighted by molar-refractivity contribution is 6.07. The molecule has 0 atom stereocenters. The summed E-state index contributed by atoms with van der Waals surface area (Å²) in [7, 11) is 0. The molecule has 3 aromatic rings. The van der Waals surface area contributed by atoms with E-state index < -0.39 is 0 Å². The summed E-state index contributed by atoms with van der Waals surface area (Å²) in [5.74, 6) is 0.416. The van der Waals surface area contributed by atoms with E-state index in [2.05, 4.69) is 15.3 Å². The Labute approximate surface area is 104 Å². The van der Waals surface area contributed by atoms with Crippen molar-refractivity contribution in [3.8, 4) is 0 Å². The molecule has 4 nitrogen and oxygen atoms in total. The molecule has 2 N–H and O–H groups in total. The molecular formula is C14H11N3O. The molecule has 2 aromatic heterocycles. The Bertz CT molecular complexity index is 684. The number of hydrogen-bond acceptors (Lipinski definition) is 2. The van der Waals surface area contributed by atoms with Crippen LogP contribution in [0, 0.1) is 0 Å². The Hall–Kier alpha value is -2.62. The number of nitrogens with one attached hydrogen (secondary N) is 2. The monoisotopic (exact) mass is 237 g/mol. The fourth-order valence-corrected chi connectivity index (χ4v) is 1.86. The molecule has 0 radical (unpaired) electrons. The maximum atomic E-state index is 11.9. The minimum Gasteiger partial charge on any atom is -0.367 e. The van der Waals surface area contributed by atoms with Crippen LogP contribution in [0.4, 0.5) is 5.82 Å². The van der Waals surface area contributed by atoms with E-state index in [0.717, 1.165) is 10.8 Å². The van der Waals surface area contributed by atoms with Gasteiger partial charge in [0.25, 0.3) is 5.91 Å². The molecule has 88 valence electrons. The van der Waals surface area contributed by atoms with Gasteiger partial charge in [-0.2, -0.15) is 0 Å². The van der Waals surface area contributed by atoms with E-state index in [-0.39, 0.29) is 5.91 Å². The van der Waals surface area contributed by atoms with Crippen molar-refractivity contribution in [1.29, 1.82) is 0 Å². The summed E-state index contributed by atoms with van der Waals surface area (Å²) in [6.07, 6.45) is 5.06. The number of H-pyrrole nitrogens is 1. The van der Waals surface area contributed by atoms with E-state index in [1.54, 1.807) is 24.7 Å². The normalized spacial score (nSPS) is 10.4. The second kappa shape index (κ2) is 4.33. The highest BCUT2D eigenvalue weighted by Gasteiger charge is 2.08. The van der Waals surface area contributed by atoms with Gasteiger partial charge >= 0.3 is 0 Å². The second-order valence-corrected chi connectivity index (χ2v) is 3.93. The van der Waals surface area contributed by atoms with Gasteiger partial charge in [0.1, 0.15) is 5.82 Å². The van der Waals surface area contributed by atoms with Gasteiger partial charge in [0.15, 0.2) is 0 Å². The lowest BCUT2D eigenvalue weighted by molar-refractivity contribution is 0.102. The third-order valence-corrected chi connectivity index (χ3v) is 2.77. The Morgan fingerprint density at radius 2 is 2.06 bits per heavy atom. The van der Waals surface area contributed by atoms with Gasteiger partial charge in [0.05, 0.1) is 5.56 Å². The van der Waals surface area contributed by atoms with Gasteiger partial charge in [-0.25, -0.2) is 4.98 Å². The molecule has 1 aromatic carbocycles. The van der Waals surface area contributed by atoms with Crippen molar-refractivity contribution < 1.29 is 4.79 Å². The molecule has 4 heteroatoms. The van der Waals surface area contributed by atoms with E-state index in [9.17, 15) is 4.79 Å². The van der Waals surface area contributed by atoms with Crippen LogP contribution in [0.5, 0.6) is 0 Å². The number of anilines is 1. The van der Waals surface area contributed by atoms with Gasteiger partial charge < -0.3 is 10.3 Å². The first-order chi connectivity index (χ1) is 8.84. The molecule has 0 aliphatic carbocycles. The zero-order chi connectivity index (χ0) is 12.4. The summed E-state index contributed by atoms with van der Waals surface area (Å²) in [4.78, 5) is 19.0. The number of carbonyl (C=O) groups is 1. The van der Waals surface area contributed by atoms with Crippen molar-refractivity contribution in [2.45, 2.75) is 0 Å². The Morgan fingerprint density at radius 3 is 2.89 bits per heavy atom. The van der Waals surface area contributed by atoms with Gasteiger partial charge in [-0.3, -0.25) is 4.79 Å². The molecule has 0 saturated heterocycles. The zero-order valence-corrected chi connectivity index (χ0v) is 9.55. The number of hydrogen-bond donors (Lipinski definition) is 2. The lowest BCUT2D eigenvalue weighted by Crippen LogP contribution is -2.12. The molecule has 18 heavy (non-hydrogen) atoms. The minimum absolute atomic E-state index is 0.167. The second-order valence-electron chi connectivity index (χ2n) is 3.93. The summed E-state index contributed by atoms with van der Waals surface area (Å²) < 4.78 is 0. The number of aromatic amines is 1. The van der Waals surface area contributed by atoms with Crippen molar-refractivity contribution in [1.82, 2.24) is 9.97 Å². The molecule has 0 spiro atoms. The maximum Gasteiger partial charge on any atom is 0.258 e. The highest BCUT2D eigenvalue weighted by atomic mass is 16.1. The number of rotatable bonds is 2. The number of aromatic nitrogens is 2. The largest absolute Gasteiger partial charge is 0.367 e. The minimum atomic E-state index is -0.167. The molecule has 2 heterocycles. The van der Waals surface area contributed by atoms with Crippen LogP contribution in [0.25, 0.3) is 10.8 Å². The number of nitrogens with zero attached hydrogens (tertiary/aromatic N) is 1. The molecule has 1 amide bonds. The van der Waals surface area contributed by atoms with E-state index in [1.807, 2.05) is 30.3 Å². The number of carbonyl (C=O) groups excluding carboxylic acids is 1. The number of benzene rings is 1. The van der Waals surface area contributed by atoms with Crippen LogP contribution in [0.3, 0.4) is 0 Å². The molecule has 0 bridgehead atoms. The fraction of sp³-hybridized carbons (Fsp3) is 0. The number of pyridine rings is 1. The van der Waals surface area contributed by atoms with E-state index in [0.29, 0.717) is 11.4 Å². The fourth-order valence-electron chi connectivity index (χ4n) is 1.86. The first-order valence-electron chi connectivity index (χ1n) is 5.62. The summed E-state index contributed by atoms with van der Waals surface area (Å²) in [5.41, 5.74) is 0.588. The standard InChI is InChI=1S/C14H11N3O/c18-14(11-5-7-15-9-11)17-13-12-4-2-1-3-10(12)6-8-16-13/h1-9,15H,(H,16,17,18). The van der Waals surface area contributed by atoms with Gasteiger partial charge in [-0.1, -0.05) is 24.3 Å². The zero-order valence-electron chi connectivity index (χ0n) is 9.55. The van der Waals surface area contributed by atoms with Crippen molar-refractivity contribution in [2.75, 3.05) is 5.32 Å². The number of amides is 1. The van der Waals surface area contributed by atoms with Crippen molar-refractivity contribution >= 4 is 22.5 Å². The summed E-state index contributed by atoms with van der Waals surface area (Å²) in [6.45, 7) is 0. The van der Waals surface area contributed by atoms with Crippen LogP contribution in [-0.4, -0.2) is 15.9 Å². The first-order valence-corrected chi connectivity index (χ1v) is 5.62. The van der Waals surface area contributed by atoms with Gasteiger partial charge in [-0.15, -0.1) is 0 Å². The van der Waals surface area contributed by atoms with Crippen LogP contribution >= 0.6 is 0 Å². The molecule has 0 aliphatic rings. The van der Waals surface area contributed by atoms with E-state index >= 15 is 0 Å². The van der Waals surface area contributed by atoms with Crippen molar-refractivity contribution in [2.24, 2.45) is 0 Å². The molecule has 0 saturated carbocycles. The molecule has 3 rings (SSSR count). The van der Waals surface area contributed by atoms with Crippen LogP contribution in [0.2, 0.25) is 0 Å². The predicted molar refractivity (Wildman–Crippen MR) is 70.5 cm³/mol. The van der Waals surface area contributed by atoms with Crippen LogP contribution in [0.1, 0.15) is 10.4 Å². The SMILES string of the molecule is O=C(Nc1nccc2ccccc12)c1cc[nH]c1. The maximum absolute atomic E-state index is 11.9. The summed E-state index contributed by atoms with van der Waals surface area (Å²) in [5, 5.41) is 4.80.